The van der Waals surface area contributed by atoms with E-state index >= 15 is 0 Å². The summed E-state index contributed by atoms with van der Waals surface area (Å²) in [5, 5.41) is 8.87. The van der Waals surface area contributed by atoms with Gasteiger partial charge in [0.1, 0.15) is 17.2 Å². The van der Waals surface area contributed by atoms with Gasteiger partial charge in [0.15, 0.2) is 0 Å². The molecule has 1 N–H and O–H groups in total. The summed E-state index contributed by atoms with van der Waals surface area (Å²) in [5.74, 6) is -0.463. The predicted molar refractivity (Wildman–Crippen MR) is 84.9 cm³/mol. The second kappa shape index (κ2) is 7.09. The fraction of sp³-hybridized carbons (Fsp3) is 0.250. The van der Waals surface area contributed by atoms with Crippen LogP contribution in [0.2, 0.25) is 0 Å². The van der Waals surface area contributed by atoms with Crippen molar-refractivity contribution in [1.82, 2.24) is 4.90 Å². The van der Waals surface area contributed by atoms with Gasteiger partial charge in [0.25, 0.3) is 5.91 Å². The van der Waals surface area contributed by atoms with Crippen LogP contribution in [0.25, 0.3) is 0 Å². The van der Waals surface area contributed by atoms with Crippen LogP contribution in [0.4, 0.5) is 0 Å². The summed E-state index contributed by atoms with van der Waals surface area (Å²) in [5.41, 5.74) is 1.16. The Kier molecular flexibility index (Phi) is 5.16. The van der Waals surface area contributed by atoms with E-state index < -0.39 is 5.97 Å². The van der Waals surface area contributed by atoms with Gasteiger partial charge in [-0.3, -0.25) is 4.79 Å². The van der Waals surface area contributed by atoms with E-state index in [-0.39, 0.29) is 10.8 Å². The fourth-order valence-corrected chi connectivity index (χ4v) is 2.63. The normalized spacial score (nSPS) is 10.3. The standard InChI is InChI=1S/C16H17NO4S/c1-11-3-5-12(6-4-11)21-10-9-17(2)15(18)13-7-8-14(22-13)16(19)20/h3-8H,9-10H2,1-2H3,(H,19,20). The van der Waals surface area contributed by atoms with Crippen LogP contribution in [0.1, 0.15) is 24.9 Å². The number of hydrogen-bond acceptors (Lipinski definition) is 4. The molecule has 0 aliphatic heterocycles. The fourth-order valence-electron chi connectivity index (χ4n) is 1.79. The zero-order valence-electron chi connectivity index (χ0n) is 12.4. The number of hydrogen-bond donors (Lipinski definition) is 1. The zero-order chi connectivity index (χ0) is 16.1. The highest BCUT2D eigenvalue weighted by molar-refractivity contribution is 7.15. The first-order chi connectivity index (χ1) is 10.5. The lowest BCUT2D eigenvalue weighted by atomic mass is 10.2. The minimum absolute atomic E-state index is 0.160. The minimum atomic E-state index is -1.02. The topological polar surface area (TPSA) is 66.8 Å². The molecule has 0 saturated carbocycles. The van der Waals surface area contributed by atoms with E-state index in [1.165, 1.54) is 17.0 Å². The van der Waals surface area contributed by atoms with Gasteiger partial charge in [-0.25, -0.2) is 4.79 Å². The number of carboxylic acid groups (broad SMARTS) is 1. The number of carboxylic acids is 1. The summed E-state index contributed by atoms with van der Waals surface area (Å²) in [6, 6.07) is 10.7. The highest BCUT2D eigenvalue weighted by atomic mass is 32.1. The van der Waals surface area contributed by atoms with Gasteiger partial charge in [-0.05, 0) is 31.2 Å². The summed E-state index contributed by atoms with van der Waals surface area (Å²) in [7, 11) is 1.67. The zero-order valence-corrected chi connectivity index (χ0v) is 13.2. The number of carbonyl (C=O) groups excluding carboxylic acids is 1. The predicted octanol–water partition coefficient (Wildman–Crippen LogP) is 2.91. The third-order valence-electron chi connectivity index (χ3n) is 3.09. The Morgan fingerprint density at radius 2 is 1.77 bits per heavy atom. The average Bonchev–Trinajstić information content (AvgIpc) is 2.98. The highest BCUT2D eigenvalue weighted by Crippen LogP contribution is 2.18. The third-order valence-corrected chi connectivity index (χ3v) is 4.15. The second-order valence-corrected chi connectivity index (χ2v) is 5.94. The van der Waals surface area contributed by atoms with Crippen LogP contribution in [-0.4, -0.2) is 42.1 Å². The molecule has 5 nitrogen and oxygen atoms in total. The lowest BCUT2D eigenvalue weighted by Gasteiger charge is -2.16. The number of aryl methyl sites for hydroxylation is 1. The van der Waals surface area contributed by atoms with Gasteiger partial charge in [0.2, 0.25) is 0 Å². The SMILES string of the molecule is Cc1ccc(OCCN(C)C(=O)c2ccc(C(=O)O)s2)cc1. The maximum Gasteiger partial charge on any atom is 0.345 e. The van der Waals surface area contributed by atoms with Crippen LogP contribution in [0.15, 0.2) is 36.4 Å². The molecule has 1 amide bonds. The Labute approximate surface area is 132 Å². The number of rotatable bonds is 6. The lowest BCUT2D eigenvalue weighted by molar-refractivity contribution is 0.0701. The number of amides is 1. The molecule has 0 unspecified atom stereocenters. The van der Waals surface area contributed by atoms with Crippen molar-refractivity contribution in [3.63, 3.8) is 0 Å². The molecular weight excluding hydrogens is 302 g/mol. The maximum atomic E-state index is 12.2. The highest BCUT2D eigenvalue weighted by Gasteiger charge is 2.16. The quantitative estimate of drug-likeness (QED) is 0.889. The molecule has 0 saturated heterocycles. The van der Waals surface area contributed by atoms with Crippen molar-refractivity contribution in [3.05, 3.63) is 51.7 Å². The van der Waals surface area contributed by atoms with Gasteiger partial charge in [0.05, 0.1) is 11.4 Å². The molecule has 116 valence electrons. The van der Waals surface area contributed by atoms with Gasteiger partial charge in [-0.2, -0.15) is 0 Å². The number of nitrogens with zero attached hydrogens (tertiary/aromatic N) is 1. The maximum absolute atomic E-state index is 12.2. The van der Waals surface area contributed by atoms with E-state index in [9.17, 15) is 9.59 Å². The van der Waals surface area contributed by atoms with Crippen LogP contribution < -0.4 is 4.74 Å². The Morgan fingerprint density at radius 1 is 1.14 bits per heavy atom. The largest absolute Gasteiger partial charge is 0.492 e. The molecular formula is C16H17NO4S. The number of likely N-dealkylation sites (N-methyl/N-ethyl adjacent to an activating group) is 1. The number of aromatic carboxylic acids is 1. The summed E-state index contributed by atoms with van der Waals surface area (Å²) in [4.78, 5) is 25.1. The van der Waals surface area contributed by atoms with Crippen molar-refractivity contribution in [2.75, 3.05) is 20.2 Å². The van der Waals surface area contributed by atoms with Crippen LogP contribution >= 0.6 is 11.3 Å². The van der Waals surface area contributed by atoms with Crippen LogP contribution in [0, 0.1) is 6.92 Å². The first kappa shape index (κ1) is 16.0. The molecule has 6 heteroatoms. The summed E-state index contributed by atoms with van der Waals surface area (Å²) in [6.07, 6.45) is 0. The van der Waals surface area contributed by atoms with E-state index in [2.05, 4.69) is 0 Å². The Bertz CT molecular complexity index is 663. The number of ether oxygens (including phenoxy) is 1. The van der Waals surface area contributed by atoms with Crippen LogP contribution in [0.3, 0.4) is 0 Å². The van der Waals surface area contributed by atoms with Crippen molar-refractivity contribution in [1.29, 1.82) is 0 Å². The summed E-state index contributed by atoms with van der Waals surface area (Å²) in [6.45, 7) is 2.80. The van der Waals surface area contributed by atoms with E-state index in [4.69, 9.17) is 9.84 Å². The van der Waals surface area contributed by atoms with E-state index in [1.54, 1.807) is 7.05 Å². The monoisotopic (exact) mass is 319 g/mol. The van der Waals surface area contributed by atoms with Crippen molar-refractivity contribution >= 4 is 23.2 Å². The van der Waals surface area contributed by atoms with Crippen molar-refractivity contribution < 1.29 is 19.4 Å². The van der Waals surface area contributed by atoms with Crippen LogP contribution in [-0.2, 0) is 0 Å². The van der Waals surface area contributed by atoms with Gasteiger partial charge < -0.3 is 14.7 Å². The van der Waals surface area contributed by atoms with Gasteiger partial charge in [-0.15, -0.1) is 11.3 Å². The van der Waals surface area contributed by atoms with Crippen molar-refractivity contribution in [2.45, 2.75) is 6.92 Å². The van der Waals surface area contributed by atoms with E-state index in [1.807, 2.05) is 31.2 Å². The minimum Gasteiger partial charge on any atom is -0.492 e. The van der Waals surface area contributed by atoms with Crippen molar-refractivity contribution in [3.8, 4) is 5.75 Å². The molecule has 22 heavy (non-hydrogen) atoms. The molecule has 0 spiro atoms. The first-order valence-electron chi connectivity index (χ1n) is 6.75. The lowest BCUT2D eigenvalue weighted by Crippen LogP contribution is -2.30. The van der Waals surface area contributed by atoms with Gasteiger partial charge >= 0.3 is 5.97 Å². The molecule has 2 aromatic rings. The van der Waals surface area contributed by atoms with E-state index in [0.717, 1.165) is 22.6 Å². The molecule has 1 aromatic heterocycles. The molecule has 0 radical (unpaired) electrons. The molecule has 0 fully saturated rings. The summed E-state index contributed by atoms with van der Waals surface area (Å²) < 4.78 is 5.58. The number of carbonyl (C=O) groups is 2. The van der Waals surface area contributed by atoms with Gasteiger partial charge in [-0.1, -0.05) is 17.7 Å². The molecule has 0 atom stereocenters. The first-order valence-corrected chi connectivity index (χ1v) is 7.57. The van der Waals surface area contributed by atoms with Crippen LogP contribution in [0.5, 0.6) is 5.75 Å². The van der Waals surface area contributed by atoms with Gasteiger partial charge in [0, 0.05) is 7.05 Å². The molecule has 2 rings (SSSR count). The second-order valence-electron chi connectivity index (χ2n) is 4.86. The number of thiophene rings is 1. The smallest absolute Gasteiger partial charge is 0.345 e. The molecule has 1 aromatic carbocycles. The molecule has 1 heterocycles. The summed E-state index contributed by atoms with van der Waals surface area (Å²) >= 11 is 0.977. The molecule has 0 bridgehead atoms. The Hall–Kier alpha value is -2.34. The third kappa shape index (κ3) is 4.08. The molecule has 0 aliphatic rings. The molecule has 0 aliphatic carbocycles. The van der Waals surface area contributed by atoms with E-state index in [0.29, 0.717) is 18.0 Å². The van der Waals surface area contributed by atoms with Crippen molar-refractivity contribution in [2.24, 2.45) is 0 Å². The Morgan fingerprint density at radius 3 is 2.36 bits per heavy atom. The average molecular weight is 319 g/mol. The Balaban J connectivity index is 1.85. The number of benzene rings is 1.